The van der Waals surface area contributed by atoms with Crippen LogP contribution in [0.2, 0.25) is 0 Å². The topological polar surface area (TPSA) is 144 Å². The fourth-order valence-electron chi connectivity index (χ4n) is 4.06. The molecule has 0 aliphatic carbocycles. The van der Waals surface area contributed by atoms with Gasteiger partial charge in [-0.05, 0) is 31.5 Å². The standard InChI is InChI=1S/C25H27N3O8/c1-13-18(24(32)35-4)20(19(14(2)26-13)25(33)36-5)15-6-8-16(9-7-15)27-21-17(23(31)34-3)12-28(10-11-29)22(21)30/h6-9,27,29H,10-12H2,1-5H3. The van der Waals surface area contributed by atoms with Crippen molar-refractivity contribution in [1.82, 2.24) is 9.88 Å². The Labute approximate surface area is 207 Å². The highest BCUT2D eigenvalue weighted by atomic mass is 16.5. The lowest BCUT2D eigenvalue weighted by Crippen LogP contribution is -2.31. The molecule has 2 heterocycles. The van der Waals surface area contributed by atoms with Crippen LogP contribution in [0.1, 0.15) is 32.1 Å². The largest absolute Gasteiger partial charge is 0.466 e. The van der Waals surface area contributed by atoms with Crippen LogP contribution in [0.25, 0.3) is 11.1 Å². The number of amides is 1. The Bertz CT molecular complexity index is 1210. The number of rotatable bonds is 8. The third kappa shape index (κ3) is 4.91. The van der Waals surface area contributed by atoms with E-state index in [1.165, 1.54) is 26.2 Å². The van der Waals surface area contributed by atoms with Crippen molar-refractivity contribution in [2.45, 2.75) is 13.8 Å². The van der Waals surface area contributed by atoms with Crippen molar-refractivity contribution in [2.75, 3.05) is 46.3 Å². The molecule has 36 heavy (non-hydrogen) atoms. The molecule has 0 bridgehead atoms. The monoisotopic (exact) mass is 497 g/mol. The van der Waals surface area contributed by atoms with E-state index in [9.17, 15) is 24.3 Å². The summed E-state index contributed by atoms with van der Waals surface area (Å²) in [5.74, 6) is -2.42. The molecule has 190 valence electrons. The molecule has 0 unspecified atom stereocenters. The van der Waals surface area contributed by atoms with Crippen LogP contribution in [0.4, 0.5) is 5.69 Å². The number of nitrogens with one attached hydrogen (secondary N) is 1. The summed E-state index contributed by atoms with van der Waals surface area (Å²) < 4.78 is 14.7. The molecule has 1 amide bonds. The Morgan fingerprint density at radius 2 is 1.47 bits per heavy atom. The summed E-state index contributed by atoms with van der Waals surface area (Å²) in [6.07, 6.45) is 0. The molecule has 11 nitrogen and oxygen atoms in total. The van der Waals surface area contributed by atoms with Gasteiger partial charge in [0.05, 0.1) is 62.6 Å². The van der Waals surface area contributed by atoms with Crippen molar-refractivity contribution in [3.8, 4) is 11.1 Å². The molecule has 1 aromatic heterocycles. The SMILES string of the molecule is COC(=O)C1=C(Nc2ccc(-c3c(C(=O)OC)c(C)nc(C)c3C(=O)OC)cc2)C(=O)N(CCO)C1. The summed E-state index contributed by atoms with van der Waals surface area (Å²) in [6, 6.07) is 6.57. The van der Waals surface area contributed by atoms with Gasteiger partial charge in [0.15, 0.2) is 0 Å². The van der Waals surface area contributed by atoms with E-state index in [2.05, 4.69) is 10.3 Å². The summed E-state index contributed by atoms with van der Waals surface area (Å²) in [7, 11) is 3.69. The zero-order valence-electron chi connectivity index (χ0n) is 20.6. The van der Waals surface area contributed by atoms with Crippen LogP contribution in [0.15, 0.2) is 35.5 Å². The minimum atomic E-state index is -0.657. The number of hydrogen-bond donors (Lipinski definition) is 2. The minimum absolute atomic E-state index is 0.00698. The zero-order valence-corrected chi connectivity index (χ0v) is 20.6. The van der Waals surface area contributed by atoms with E-state index < -0.39 is 23.8 Å². The van der Waals surface area contributed by atoms with Crippen molar-refractivity contribution >= 4 is 29.5 Å². The Morgan fingerprint density at radius 1 is 0.944 bits per heavy atom. The molecule has 0 spiro atoms. The number of carbonyl (C=O) groups is 4. The van der Waals surface area contributed by atoms with Gasteiger partial charge in [0, 0.05) is 17.8 Å². The number of anilines is 1. The van der Waals surface area contributed by atoms with Gasteiger partial charge in [-0.25, -0.2) is 14.4 Å². The van der Waals surface area contributed by atoms with Gasteiger partial charge in [-0.15, -0.1) is 0 Å². The quantitative estimate of drug-likeness (QED) is 0.408. The average molecular weight is 498 g/mol. The predicted octanol–water partition coefficient (Wildman–Crippen LogP) is 1.61. The zero-order chi connectivity index (χ0) is 26.6. The number of aliphatic hydroxyl groups is 1. The van der Waals surface area contributed by atoms with E-state index in [1.54, 1.807) is 38.1 Å². The van der Waals surface area contributed by atoms with Crippen LogP contribution in [0.5, 0.6) is 0 Å². The molecule has 1 aromatic carbocycles. The van der Waals surface area contributed by atoms with E-state index >= 15 is 0 Å². The van der Waals surface area contributed by atoms with Crippen LogP contribution >= 0.6 is 0 Å². The summed E-state index contributed by atoms with van der Waals surface area (Å²) in [4.78, 5) is 55.9. The van der Waals surface area contributed by atoms with Crippen LogP contribution in [0.3, 0.4) is 0 Å². The molecule has 3 rings (SSSR count). The van der Waals surface area contributed by atoms with Crippen LogP contribution in [0, 0.1) is 13.8 Å². The number of nitrogens with zero attached hydrogens (tertiary/aromatic N) is 2. The second-order valence-electron chi connectivity index (χ2n) is 7.89. The number of hydrogen-bond acceptors (Lipinski definition) is 10. The number of carbonyl (C=O) groups excluding carboxylic acids is 4. The number of aryl methyl sites for hydroxylation is 2. The van der Waals surface area contributed by atoms with E-state index in [0.29, 0.717) is 28.2 Å². The fraction of sp³-hybridized carbons (Fsp3) is 0.320. The summed E-state index contributed by atoms with van der Waals surface area (Å²) in [5.41, 5.74) is 2.51. The second kappa shape index (κ2) is 11.0. The molecular formula is C25H27N3O8. The van der Waals surface area contributed by atoms with Crippen molar-refractivity contribution < 1.29 is 38.5 Å². The first-order chi connectivity index (χ1) is 17.2. The summed E-state index contributed by atoms with van der Waals surface area (Å²) >= 11 is 0. The third-order valence-corrected chi connectivity index (χ3v) is 5.73. The number of ether oxygens (including phenoxy) is 3. The smallest absolute Gasteiger partial charge is 0.340 e. The Kier molecular flexibility index (Phi) is 8.05. The van der Waals surface area contributed by atoms with E-state index in [-0.39, 0.29) is 42.1 Å². The number of aromatic nitrogens is 1. The number of β-amino-alcohol motifs (C(OH)–C–C–N with tert-alkyl or cyclic N) is 1. The van der Waals surface area contributed by atoms with Gasteiger partial charge in [-0.3, -0.25) is 9.78 Å². The van der Waals surface area contributed by atoms with Crippen molar-refractivity contribution in [1.29, 1.82) is 0 Å². The predicted molar refractivity (Wildman–Crippen MR) is 128 cm³/mol. The van der Waals surface area contributed by atoms with Crippen molar-refractivity contribution in [2.24, 2.45) is 0 Å². The van der Waals surface area contributed by atoms with Gasteiger partial charge < -0.3 is 29.5 Å². The molecule has 0 saturated heterocycles. The summed E-state index contributed by atoms with van der Waals surface area (Å²) in [6.45, 7) is 3.11. The molecular weight excluding hydrogens is 470 g/mol. The van der Waals surface area contributed by atoms with Crippen molar-refractivity contribution in [3.05, 3.63) is 58.1 Å². The maximum atomic E-state index is 12.8. The van der Waals surface area contributed by atoms with E-state index in [0.717, 1.165) is 0 Å². The molecule has 2 N–H and O–H groups in total. The molecule has 0 radical (unpaired) electrons. The number of aliphatic hydroxyl groups excluding tert-OH is 1. The van der Waals surface area contributed by atoms with Crippen LogP contribution in [-0.4, -0.2) is 79.8 Å². The van der Waals surface area contributed by atoms with Crippen molar-refractivity contribution in [3.63, 3.8) is 0 Å². The Balaban J connectivity index is 2.07. The van der Waals surface area contributed by atoms with Gasteiger partial charge in [0.25, 0.3) is 5.91 Å². The maximum Gasteiger partial charge on any atom is 0.340 e. The third-order valence-electron chi connectivity index (χ3n) is 5.73. The molecule has 1 aliphatic rings. The number of pyridine rings is 1. The van der Waals surface area contributed by atoms with E-state index in [4.69, 9.17) is 14.2 Å². The van der Waals surface area contributed by atoms with Gasteiger partial charge >= 0.3 is 17.9 Å². The molecule has 11 heteroatoms. The fourth-order valence-corrected chi connectivity index (χ4v) is 4.06. The van der Waals surface area contributed by atoms with Crippen LogP contribution < -0.4 is 5.32 Å². The molecule has 2 aromatic rings. The van der Waals surface area contributed by atoms with E-state index in [1.807, 2.05) is 0 Å². The average Bonchev–Trinajstić information content (AvgIpc) is 3.17. The minimum Gasteiger partial charge on any atom is -0.466 e. The van der Waals surface area contributed by atoms with Crippen LogP contribution in [-0.2, 0) is 23.8 Å². The Morgan fingerprint density at radius 3 is 1.94 bits per heavy atom. The maximum absolute atomic E-state index is 12.8. The molecule has 0 saturated carbocycles. The second-order valence-corrected chi connectivity index (χ2v) is 7.89. The lowest BCUT2D eigenvalue weighted by molar-refractivity contribution is -0.136. The first kappa shape index (κ1) is 26.4. The first-order valence-corrected chi connectivity index (χ1v) is 10.9. The number of esters is 3. The highest BCUT2D eigenvalue weighted by Gasteiger charge is 2.34. The molecule has 1 aliphatic heterocycles. The number of benzene rings is 1. The first-order valence-electron chi connectivity index (χ1n) is 10.9. The van der Waals surface area contributed by atoms with Gasteiger partial charge in [-0.1, -0.05) is 12.1 Å². The number of methoxy groups -OCH3 is 3. The molecule has 0 atom stereocenters. The molecule has 0 fully saturated rings. The van der Waals surface area contributed by atoms with Gasteiger partial charge in [-0.2, -0.15) is 0 Å². The van der Waals surface area contributed by atoms with Gasteiger partial charge in [0.1, 0.15) is 5.70 Å². The lowest BCUT2D eigenvalue weighted by Gasteiger charge is -2.17. The highest BCUT2D eigenvalue weighted by Crippen LogP contribution is 2.33. The van der Waals surface area contributed by atoms with Gasteiger partial charge in [0.2, 0.25) is 0 Å². The highest BCUT2D eigenvalue weighted by molar-refractivity contribution is 6.09. The summed E-state index contributed by atoms with van der Waals surface area (Å²) in [5, 5.41) is 12.2. The normalized spacial score (nSPS) is 13.1. The lowest BCUT2D eigenvalue weighted by atomic mass is 9.92. The Hall–Kier alpha value is -4.25.